The van der Waals surface area contributed by atoms with E-state index in [0.717, 1.165) is 73.2 Å². The number of hydrogen-bond donors (Lipinski definition) is 2. The van der Waals surface area contributed by atoms with Crippen LogP contribution in [0.2, 0.25) is 0 Å². The summed E-state index contributed by atoms with van der Waals surface area (Å²) < 4.78 is 26.8. The molecule has 0 spiro atoms. The first kappa shape index (κ1) is 27.1. The lowest BCUT2D eigenvalue weighted by Gasteiger charge is -2.26. The van der Waals surface area contributed by atoms with Crippen molar-refractivity contribution in [2.45, 2.75) is 82.8 Å². The molecule has 2 aromatic carbocycles. The van der Waals surface area contributed by atoms with E-state index in [1.54, 1.807) is 36.7 Å². The number of aliphatic hydroxyl groups excluding tert-OH is 2. The number of pyridine rings is 2. The Bertz CT molecular complexity index is 1230. The van der Waals surface area contributed by atoms with Gasteiger partial charge in [-0.2, -0.15) is 0 Å². The zero-order valence-electron chi connectivity index (χ0n) is 20.3. The van der Waals surface area contributed by atoms with E-state index >= 15 is 0 Å². The molecule has 2 heterocycles. The van der Waals surface area contributed by atoms with Gasteiger partial charge in [-0.05, 0) is 123 Å². The highest BCUT2D eigenvalue weighted by atomic mass is 19.1. The zero-order chi connectivity index (χ0) is 25.1. The molecule has 0 bridgehead atoms. The lowest BCUT2D eigenvalue weighted by molar-refractivity contribution is 0.122. The third-order valence-electron chi connectivity index (χ3n) is 7.75. The van der Waals surface area contributed by atoms with Crippen molar-refractivity contribution in [2.75, 3.05) is 0 Å². The Kier molecular flexibility index (Phi) is 8.83. The van der Waals surface area contributed by atoms with E-state index in [9.17, 15) is 19.0 Å². The van der Waals surface area contributed by atoms with Crippen molar-refractivity contribution in [3.63, 3.8) is 0 Å². The minimum absolute atomic E-state index is 0. The molecule has 4 nitrogen and oxygen atoms in total. The van der Waals surface area contributed by atoms with Crippen molar-refractivity contribution >= 4 is 21.8 Å². The van der Waals surface area contributed by atoms with Crippen LogP contribution in [0.25, 0.3) is 21.8 Å². The van der Waals surface area contributed by atoms with Gasteiger partial charge in [0.15, 0.2) is 0 Å². The second-order valence-corrected chi connectivity index (χ2v) is 10.1. The average Bonchev–Trinajstić information content (AvgIpc) is 2.89. The van der Waals surface area contributed by atoms with Gasteiger partial charge in [0, 0.05) is 23.2 Å². The van der Waals surface area contributed by atoms with E-state index in [1.165, 1.54) is 23.3 Å². The van der Waals surface area contributed by atoms with Crippen molar-refractivity contribution in [1.82, 2.24) is 9.97 Å². The number of aliphatic hydroxyl groups is 2. The summed E-state index contributed by atoms with van der Waals surface area (Å²) >= 11 is 0. The molecule has 2 saturated carbocycles. The number of hydrogen-bond acceptors (Lipinski definition) is 4. The molecule has 2 aliphatic rings. The van der Waals surface area contributed by atoms with Crippen LogP contribution in [-0.2, 0) is 0 Å². The SMILES string of the molecule is C.OC1CCC(c2ccnc3ccc(F)cc23)CC1.OC1CCC(c2ccnc3ccc(F)cc23)CC1. The first-order valence-electron chi connectivity index (χ1n) is 12.9. The van der Waals surface area contributed by atoms with Crippen LogP contribution in [0.15, 0.2) is 60.9 Å². The van der Waals surface area contributed by atoms with Crippen LogP contribution in [-0.4, -0.2) is 32.4 Å². The summed E-state index contributed by atoms with van der Waals surface area (Å²) in [7, 11) is 0. The molecule has 6 heteroatoms. The van der Waals surface area contributed by atoms with E-state index in [4.69, 9.17) is 0 Å². The summed E-state index contributed by atoms with van der Waals surface area (Å²) in [6, 6.07) is 13.5. The first-order chi connectivity index (χ1) is 17.5. The van der Waals surface area contributed by atoms with Crippen LogP contribution in [0.5, 0.6) is 0 Å². The van der Waals surface area contributed by atoms with Gasteiger partial charge in [0.25, 0.3) is 0 Å². The molecule has 0 atom stereocenters. The first-order valence-corrected chi connectivity index (χ1v) is 12.9. The fourth-order valence-electron chi connectivity index (χ4n) is 5.77. The van der Waals surface area contributed by atoms with Crippen LogP contribution in [0.1, 0.15) is 81.8 Å². The monoisotopic (exact) mass is 506 g/mol. The van der Waals surface area contributed by atoms with Crippen molar-refractivity contribution in [3.8, 4) is 0 Å². The van der Waals surface area contributed by atoms with Crippen LogP contribution in [0, 0.1) is 11.6 Å². The molecule has 0 unspecified atom stereocenters. The number of halogens is 2. The summed E-state index contributed by atoms with van der Waals surface area (Å²) in [6.45, 7) is 0. The Morgan fingerprint density at radius 3 is 1.32 bits per heavy atom. The molecule has 0 saturated heterocycles. The molecule has 0 aliphatic heterocycles. The third-order valence-corrected chi connectivity index (χ3v) is 7.75. The van der Waals surface area contributed by atoms with E-state index in [0.29, 0.717) is 11.8 Å². The Balaban J connectivity index is 0.000000168. The molecule has 0 radical (unpaired) electrons. The predicted octanol–water partition coefficient (Wildman–Crippen LogP) is 7.42. The van der Waals surface area contributed by atoms with Gasteiger partial charge >= 0.3 is 0 Å². The quantitative estimate of drug-likeness (QED) is 0.297. The number of rotatable bonds is 2. The molecular formula is C31H36F2N2O2. The van der Waals surface area contributed by atoms with Gasteiger partial charge < -0.3 is 10.2 Å². The summed E-state index contributed by atoms with van der Waals surface area (Å²) in [5.41, 5.74) is 4.04. The molecule has 0 amide bonds. The maximum absolute atomic E-state index is 13.4. The van der Waals surface area contributed by atoms with Gasteiger partial charge in [-0.1, -0.05) is 7.43 Å². The van der Waals surface area contributed by atoms with E-state index in [2.05, 4.69) is 9.97 Å². The highest BCUT2D eigenvalue weighted by molar-refractivity contribution is 5.83. The number of nitrogens with zero attached hydrogens (tertiary/aromatic N) is 2. The number of aromatic nitrogens is 2. The largest absolute Gasteiger partial charge is 0.393 e. The Morgan fingerprint density at radius 1 is 0.568 bits per heavy atom. The van der Waals surface area contributed by atoms with Gasteiger partial charge in [-0.25, -0.2) is 8.78 Å². The van der Waals surface area contributed by atoms with Gasteiger partial charge in [-0.15, -0.1) is 0 Å². The summed E-state index contributed by atoms with van der Waals surface area (Å²) in [5.74, 6) is 0.404. The van der Waals surface area contributed by atoms with Crippen molar-refractivity contribution in [3.05, 3.63) is 83.7 Å². The molecule has 2 aromatic heterocycles. The Morgan fingerprint density at radius 2 is 0.946 bits per heavy atom. The third kappa shape index (κ3) is 6.31. The van der Waals surface area contributed by atoms with Crippen molar-refractivity contribution < 1.29 is 19.0 Å². The predicted molar refractivity (Wildman–Crippen MR) is 145 cm³/mol. The molecule has 196 valence electrons. The van der Waals surface area contributed by atoms with Gasteiger partial charge in [0.1, 0.15) is 11.6 Å². The maximum Gasteiger partial charge on any atom is 0.123 e. The number of benzene rings is 2. The van der Waals surface area contributed by atoms with Crippen molar-refractivity contribution in [1.29, 1.82) is 0 Å². The second kappa shape index (κ2) is 12.1. The Hall–Kier alpha value is -2.96. The molecule has 2 fully saturated rings. The van der Waals surface area contributed by atoms with Crippen LogP contribution >= 0.6 is 0 Å². The number of fused-ring (bicyclic) bond motifs is 2. The van der Waals surface area contributed by atoms with Crippen LogP contribution in [0.3, 0.4) is 0 Å². The minimum Gasteiger partial charge on any atom is -0.393 e. The molecule has 37 heavy (non-hydrogen) atoms. The molecule has 4 aromatic rings. The minimum atomic E-state index is -0.215. The fraction of sp³-hybridized carbons (Fsp3) is 0.419. The fourth-order valence-corrected chi connectivity index (χ4v) is 5.77. The lowest BCUT2D eigenvalue weighted by atomic mass is 9.81. The van der Waals surface area contributed by atoms with E-state index in [-0.39, 0.29) is 31.3 Å². The summed E-state index contributed by atoms with van der Waals surface area (Å²) in [5, 5.41) is 20.9. The van der Waals surface area contributed by atoms with Gasteiger partial charge in [0.2, 0.25) is 0 Å². The van der Waals surface area contributed by atoms with Crippen LogP contribution in [0.4, 0.5) is 8.78 Å². The topological polar surface area (TPSA) is 66.2 Å². The second-order valence-electron chi connectivity index (χ2n) is 10.1. The smallest absolute Gasteiger partial charge is 0.123 e. The highest BCUT2D eigenvalue weighted by Gasteiger charge is 2.23. The average molecular weight is 507 g/mol. The standard InChI is InChI=1S/2C15H16FNO.CH4/c2*16-11-3-6-15-14(9-11)13(7-8-17-15)10-1-4-12(18)5-2-10;/h2*3,6-10,12,18H,1-2,4-5H2;1H4. The molecule has 2 aliphatic carbocycles. The van der Waals surface area contributed by atoms with Gasteiger partial charge in [-0.3, -0.25) is 9.97 Å². The lowest BCUT2D eigenvalue weighted by Crippen LogP contribution is -2.17. The summed E-state index contributed by atoms with van der Waals surface area (Å²) in [6.07, 6.45) is 10.5. The Labute approximate surface area is 217 Å². The normalized spacial score (nSPS) is 23.7. The summed E-state index contributed by atoms with van der Waals surface area (Å²) in [4.78, 5) is 8.55. The molecular weight excluding hydrogens is 470 g/mol. The van der Waals surface area contributed by atoms with Crippen LogP contribution < -0.4 is 0 Å². The molecule has 2 N–H and O–H groups in total. The van der Waals surface area contributed by atoms with Crippen molar-refractivity contribution in [2.24, 2.45) is 0 Å². The zero-order valence-corrected chi connectivity index (χ0v) is 20.3. The highest BCUT2D eigenvalue weighted by Crippen LogP contribution is 2.37. The molecule has 6 rings (SSSR count). The van der Waals surface area contributed by atoms with Gasteiger partial charge in [0.05, 0.1) is 23.2 Å². The van der Waals surface area contributed by atoms with E-state index < -0.39 is 0 Å². The maximum atomic E-state index is 13.4. The van der Waals surface area contributed by atoms with E-state index in [1.807, 2.05) is 12.1 Å².